The number of anilines is 1. The Morgan fingerprint density at radius 2 is 2.11 bits per heavy atom. The van der Waals surface area contributed by atoms with E-state index in [2.05, 4.69) is 42.3 Å². The fraction of sp³-hybridized carbons (Fsp3) is 0.533. The number of nitrogens with zero attached hydrogens (tertiary/aromatic N) is 1. The smallest absolute Gasteiger partial charge is 0.223 e. The van der Waals surface area contributed by atoms with Crippen LogP contribution < -0.4 is 10.2 Å². The summed E-state index contributed by atoms with van der Waals surface area (Å²) in [4.78, 5) is 13.9. The molecule has 3 nitrogen and oxygen atoms in total. The maximum Gasteiger partial charge on any atom is 0.223 e. The highest BCUT2D eigenvalue weighted by atomic mass is 16.2. The normalized spacial score (nSPS) is 21.6. The van der Waals surface area contributed by atoms with E-state index in [1.54, 1.807) is 0 Å². The second-order valence-corrected chi connectivity index (χ2v) is 5.56. The molecule has 0 saturated heterocycles. The fourth-order valence-electron chi connectivity index (χ4n) is 2.24. The Kier molecular flexibility index (Phi) is 3.60. The number of carbonyl (C=O) groups is 1. The van der Waals surface area contributed by atoms with Gasteiger partial charge in [-0.3, -0.25) is 4.79 Å². The van der Waals surface area contributed by atoms with Crippen LogP contribution in [0.25, 0.3) is 0 Å². The minimum atomic E-state index is 0.202. The summed E-state index contributed by atoms with van der Waals surface area (Å²) in [6.07, 6.45) is 1.04. The molecule has 2 atom stereocenters. The average Bonchev–Trinajstić information content (AvgIpc) is 3.04. The zero-order valence-electron chi connectivity index (χ0n) is 11.7. The lowest BCUT2D eigenvalue weighted by Gasteiger charge is -2.18. The largest absolute Gasteiger partial charge is 0.377 e. The zero-order valence-corrected chi connectivity index (χ0v) is 11.7. The van der Waals surface area contributed by atoms with Gasteiger partial charge in [0.15, 0.2) is 0 Å². The van der Waals surface area contributed by atoms with Gasteiger partial charge in [0.1, 0.15) is 0 Å². The topological polar surface area (TPSA) is 32.3 Å². The van der Waals surface area contributed by atoms with Crippen molar-refractivity contribution in [3.8, 4) is 0 Å². The molecule has 0 heterocycles. The standard InChI is InChI=1S/C15H22N2O/c1-10-5-6-12(14(7-10)17(3)4)9-16-15(18)13-8-11(13)2/h5-7,11,13H,8-9H2,1-4H3,(H,16,18)/t11-,13-/m0/s1. The molecule has 1 amide bonds. The molecule has 98 valence electrons. The van der Waals surface area contributed by atoms with Gasteiger partial charge >= 0.3 is 0 Å². The molecule has 0 aliphatic heterocycles. The van der Waals surface area contributed by atoms with Gasteiger partial charge in [-0.15, -0.1) is 0 Å². The maximum atomic E-state index is 11.8. The van der Waals surface area contributed by atoms with E-state index < -0.39 is 0 Å². The molecular weight excluding hydrogens is 224 g/mol. The van der Waals surface area contributed by atoms with E-state index in [0.29, 0.717) is 12.5 Å². The molecule has 0 radical (unpaired) electrons. The first kappa shape index (κ1) is 12.9. The molecule has 0 spiro atoms. The van der Waals surface area contributed by atoms with Gasteiger partial charge in [0.25, 0.3) is 0 Å². The molecule has 1 aliphatic rings. The molecule has 2 rings (SSSR count). The summed E-state index contributed by atoms with van der Waals surface area (Å²) in [7, 11) is 4.06. The van der Waals surface area contributed by atoms with Gasteiger partial charge in [-0.1, -0.05) is 19.1 Å². The first-order chi connectivity index (χ1) is 8.49. The van der Waals surface area contributed by atoms with Crippen LogP contribution in [0.1, 0.15) is 24.5 Å². The fourth-order valence-corrected chi connectivity index (χ4v) is 2.24. The minimum absolute atomic E-state index is 0.202. The van der Waals surface area contributed by atoms with Gasteiger partial charge in [-0.05, 0) is 36.5 Å². The van der Waals surface area contributed by atoms with Gasteiger partial charge in [0, 0.05) is 32.2 Å². The first-order valence-electron chi connectivity index (χ1n) is 6.53. The van der Waals surface area contributed by atoms with Crippen molar-refractivity contribution in [2.24, 2.45) is 11.8 Å². The number of nitrogens with one attached hydrogen (secondary N) is 1. The Hall–Kier alpha value is -1.51. The molecule has 18 heavy (non-hydrogen) atoms. The summed E-state index contributed by atoms with van der Waals surface area (Å²) >= 11 is 0. The van der Waals surface area contributed by atoms with Crippen LogP contribution in [0.2, 0.25) is 0 Å². The lowest BCUT2D eigenvalue weighted by atomic mass is 10.1. The van der Waals surface area contributed by atoms with Crippen molar-refractivity contribution in [2.75, 3.05) is 19.0 Å². The van der Waals surface area contributed by atoms with Crippen LogP contribution in [-0.4, -0.2) is 20.0 Å². The van der Waals surface area contributed by atoms with Crippen LogP contribution >= 0.6 is 0 Å². The second-order valence-electron chi connectivity index (χ2n) is 5.56. The van der Waals surface area contributed by atoms with Gasteiger partial charge in [-0.25, -0.2) is 0 Å². The summed E-state index contributed by atoms with van der Waals surface area (Å²) in [6, 6.07) is 6.34. The summed E-state index contributed by atoms with van der Waals surface area (Å²) in [5, 5.41) is 3.04. The highest BCUT2D eigenvalue weighted by Crippen LogP contribution is 2.37. The third-order valence-corrected chi connectivity index (χ3v) is 3.62. The van der Waals surface area contributed by atoms with E-state index in [9.17, 15) is 4.79 Å². The number of amides is 1. The summed E-state index contributed by atoms with van der Waals surface area (Å²) in [6.45, 7) is 4.83. The van der Waals surface area contributed by atoms with Crippen LogP contribution in [0.4, 0.5) is 5.69 Å². The van der Waals surface area contributed by atoms with E-state index in [4.69, 9.17) is 0 Å². The van der Waals surface area contributed by atoms with Crippen LogP contribution in [0.5, 0.6) is 0 Å². The van der Waals surface area contributed by atoms with E-state index in [1.807, 2.05) is 14.1 Å². The molecule has 0 bridgehead atoms. The van der Waals surface area contributed by atoms with E-state index in [-0.39, 0.29) is 11.8 Å². The average molecular weight is 246 g/mol. The number of carbonyl (C=O) groups excluding carboxylic acids is 1. The molecular formula is C15H22N2O. The number of hydrogen-bond acceptors (Lipinski definition) is 2. The number of hydrogen-bond donors (Lipinski definition) is 1. The lowest BCUT2D eigenvalue weighted by Crippen LogP contribution is -2.26. The van der Waals surface area contributed by atoms with Crippen LogP contribution in [-0.2, 0) is 11.3 Å². The molecule has 0 unspecified atom stereocenters. The minimum Gasteiger partial charge on any atom is -0.377 e. The molecule has 1 fully saturated rings. The van der Waals surface area contributed by atoms with Gasteiger partial charge in [0.05, 0.1) is 0 Å². The molecule has 1 saturated carbocycles. The molecule has 1 aromatic carbocycles. The monoisotopic (exact) mass is 246 g/mol. The summed E-state index contributed by atoms with van der Waals surface area (Å²) in [5.41, 5.74) is 3.59. The lowest BCUT2D eigenvalue weighted by molar-refractivity contribution is -0.122. The predicted octanol–water partition coefficient (Wildman–Crippen LogP) is 2.33. The van der Waals surface area contributed by atoms with Crippen molar-refractivity contribution in [3.05, 3.63) is 29.3 Å². The van der Waals surface area contributed by atoms with Crippen molar-refractivity contribution in [1.82, 2.24) is 5.32 Å². The Bertz CT molecular complexity index is 454. The van der Waals surface area contributed by atoms with Gasteiger partial charge < -0.3 is 10.2 Å². The molecule has 3 heteroatoms. The van der Waals surface area contributed by atoms with Crippen molar-refractivity contribution in [1.29, 1.82) is 0 Å². The highest BCUT2D eigenvalue weighted by molar-refractivity contribution is 5.81. The van der Waals surface area contributed by atoms with Crippen molar-refractivity contribution < 1.29 is 4.79 Å². The van der Waals surface area contributed by atoms with Crippen molar-refractivity contribution in [2.45, 2.75) is 26.8 Å². The zero-order chi connectivity index (χ0) is 13.3. The SMILES string of the molecule is Cc1ccc(CNC(=O)[C@H]2C[C@@H]2C)c(N(C)C)c1. The van der Waals surface area contributed by atoms with Gasteiger partial charge in [0.2, 0.25) is 5.91 Å². The Morgan fingerprint density at radius 3 is 2.67 bits per heavy atom. The number of benzene rings is 1. The van der Waals surface area contributed by atoms with Gasteiger partial charge in [-0.2, -0.15) is 0 Å². The predicted molar refractivity (Wildman–Crippen MR) is 74.6 cm³/mol. The maximum absolute atomic E-state index is 11.8. The first-order valence-corrected chi connectivity index (χ1v) is 6.53. The number of rotatable bonds is 4. The molecule has 0 aromatic heterocycles. The summed E-state index contributed by atoms with van der Waals surface area (Å²) < 4.78 is 0. The summed E-state index contributed by atoms with van der Waals surface area (Å²) in [5.74, 6) is 1.02. The Labute approximate surface area is 109 Å². The molecule has 1 aromatic rings. The van der Waals surface area contributed by atoms with Crippen LogP contribution in [0.15, 0.2) is 18.2 Å². The quantitative estimate of drug-likeness (QED) is 0.884. The van der Waals surface area contributed by atoms with E-state index in [0.717, 1.165) is 6.42 Å². The second kappa shape index (κ2) is 5.01. The van der Waals surface area contributed by atoms with Crippen molar-refractivity contribution in [3.63, 3.8) is 0 Å². The van der Waals surface area contributed by atoms with Crippen LogP contribution in [0, 0.1) is 18.8 Å². The van der Waals surface area contributed by atoms with E-state index in [1.165, 1.54) is 16.8 Å². The van der Waals surface area contributed by atoms with Crippen molar-refractivity contribution >= 4 is 11.6 Å². The third kappa shape index (κ3) is 2.84. The Balaban J connectivity index is 2.02. The molecule has 1 aliphatic carbocycles. The number of aryl methyl sites for hydroxylation is 1. The third-order valence-electron chi connectivity index (χ3n) is 3.62. The molecule has 1 N–H and O–H groups in total. The Morgan fingerprint density at radius 1 is 1.44 bits per heavy atom. The van der Waals surface area contributed by atoms with Crippen LogP contribution in [0.3, 0.4) is 0 Å². The highest BCUT2D eigenvalue weighted by Gasteiger charge is 2.38. The van der Waals surface area contributed by atoms with E-state index >= 15 is 0 Å².